The van der Waals surface area contributed by atoms with Crippen LogP contribution in [0.15, 0.2) is 24.3 Å². The Hall–Kier alpha value is -2.08. The summed E-state index contributed by atoms with van der Waals surface area (Å²) in [6.07, 6.45) is 0.858. The highest BCUT2D eigenvalue weighted by molar-refractivity contribution is 6.30. The molecule has 0 aliphatic carbocycles. The number of carboxylic acids is 1. The second-order valence-corrected chi connectivity index (χ2v) is 7.12. The fourth-order valence-electron chi connectivity index (χ4n) is 3.33. The van der Waals surface area contributed by atoms with Crippen LogP contribution in [0.3, 0.4) is 0 Å². The Labute approximate surface area is 145 Å². The van der Waals surface area contributed by atoms with Crippen molar-refractivity contribution in [3.63, 3.8) is 0 Å². The normalized spacial score (nSPS) is 26.9. The Morgan fingerprint density at radius 3 is 2.50 bits per heavy atom. The number of anilines is 1. The summed E-state index contributed by atoms with van der Waals surface area (Å²) >= 11 is 5.86. The summed E-state index contributed by atoms with van der Waals surface area (Å²) in [5.41, 5.74) is -0.204. The standard InChI is InChI=1S/C17H19ClN2O4/c1-17(16(23)24)7-9-19(10-17)14(21)13-6-8-20(15(13)22)12-4-2-11(18)3-5-12/h2-5,13H,6-10H2,1H3,(H,23,24)/t13-,17+/m0/s1. The molecule has 2 aliphatic rings. The van der Waals surface area contributed by atoms with Gasteiger partial charge in [0.2, 0.25) is 11.8 Å². The molecule has 1 N–H and O–H groups in total. The van der Waals surface area contributed by atoms with E-state index >= 15 is 0 Å². The highest BCUT2D eigenvalue weighted by Crippen LogP contribution is 2.33. The zero-order chi connectivity index (χ0) is 17.5. The fourth-order valence-corrected chi connectivity index (χ4v) is 3.46. The van der Waals surface area contributed by atoms with Crippen LogP contribution in [0.25, 0.3) is 0 Å². The zero-order valence-electron chi connectivity index (χ0n) is 13.4. The molecule has 128 valence electrons. The maximum Gasteiger partial charge on any atom is 0.311 e. The number of amides is 2. The third kappa shape index (κ3) is 2.86. The topological polar surface area (TPSA) is 77.9 Å². The number of benzene rings is 1. The summed E-state index contributed by atoms with van der Waals surface area (Å²) in [6, 6.07) is 6.92. The summed E-state index contributed by atoms with van der Waals surface area (Å²) in [4.78, 5) is 39.7. The maximum absolute atomic E-state index is 12.7. The second kappa shape index (κ2) is 6.09. The number of nitrogens with zero attached hydrogens (tertiary/aromatic N) is 2. The molecule has 2 atom stereocenters. The number of halogens is 1. The molecule has 2 saturated heterocycles. The molecule has 0 unspecified atom stereocenters. The van der Waals surface area contributed by atoms with Crippen molar-refractivity contribution in [2.45, 2.75) is 19.8 Å². The Bertz CT molecular complexity index is 690. The first-order chi connectivity index (χ1) is 11.3. The zero-order valence-corrected chi connectivity index (χ0v) is 14.1. The highest BCUT2D eigenvalue weighted by atomic mass is 35.5. The lowest BCUT2D eigenvalue weighted by molar-refractivity contribution is -0.147. The predicted molar refractivity (Wildman–Crippen MR) is 88.9 cm³/mol. The molecule has 2 fully saturated rings. The Morgan fingerprint density at radius 2 is 1.92 bits per heavy atom. The summed E-state index contributed by atoms with van der Waals surface area (Å²) in [6.45, 7) is 2.65. The van der Waals surface area contributed by atoms with E-state index in [4.69, 9.17) is 11.6 Å². The van der Waals surface area contributed by atoms with Gasteiger partial charge in [-0.25, -0.2) is 0 Å². The molecule has 2 heterocycles. The summed E-state index contributed by atoms with van der Waals surface area (Å²) in [5, 5.41) is 9.86. The molecular weight excluding hydrogens is 332 g/mol. The number of hydrogen-bond acceptors (Lipinski definition) is 3. The van der Waals surface area contributed by atoms with Crippen molar-refractivity contribution >= 4 is 35.1 Å². The van der Waals surface area contributed by atoms with Crippen LogP contribution in [0, 0.1) is 11.3 Å². The van der Waals surface area contributed by atoms with Gasteiger partial charge >= 0.3 is 5.97 Å². The van der Waals surface area contributed by atoms with E-state index in [0.717, 1.165) is 5.69 Å². The van der Waals surface area contributed by atoms with Crippen LogP contribution >= 0.6 is 11.6 Å². The van der Waals surface area contributed by atoms with E-state index < -0.39 is 17.3 Å². The minimum Gasteiger partial charge on any atom is -0.481 e. The van der Waals surface area contributed by atoms with Crippen molar-refractivity contribution in [3.05, 3.63) is 29.3 Å². The maximum atomic E-state index is 12.7. The first kappa shape index (κ1) is 16.8. The molecule has 24 heavy (non-hydrogen) atoms. The van der Waals surface area contributed by atoms with Crippen molar-refractivity contribution in [1.29, 1.82) is 0 Å². The predicted octanol–water partition coefficient (Wildman–Crippen LogP) is 2.02. The van der Waals surface area contributed by atoms with Gasteiger partial charge in [-0.2, -0.15) is 0 Å². The SMILES string of the molecule is C[C@@]1(C(=O)O)CCN(C(=O)[C@@H]2CCN(c3ccc(Cl)cc3)C2=O)C1. The van der Waals surface area contributed by atoms with Crippen molar-refractivity contribution in [3.8, 4) is 0 Å². The minimum atomic E-state index is -0.923. The average Bonchev–Trinajstić information content (AvgIpc) is 3.12. The van der Waals surface area contributed by atoms with Gasteiger partial charge in [-0.1, -0.05) is 11.6 Å². The summed E-state index contributed by atoms with van der Waals surface area (Å²) < 4.78 is 0. The third-order valence-corrected chi connectivity index (χ3v) is 5.20. The molecule has 0 radical (unpaired) electrons. The lowest BCUT2D eigenvalue weighted by Gasteiger charge is -2.22. The first-order valence-corrected chi connectivity index (χ1v) is 8.29. The minimum absolute atomic E-state index is 0.159. The van der Waals surface area contributed by atoms with Gasteiger partial charge in [0, 0.05) is 30.3 Å². The van der Waals surface area contributed by atoms with Gasteiger partial charge < -0.3 is 14.9 Å². The summed E-state index contributed by atoms with van der Waals surface area (Å²) in [5.74, 6) is -2.12. The lowest BCUT2D eigenvalue weighted by Crippen LogP contribution is -2.41. The van der Waals surface area contributed by atoms with Gasteiger partial charge in [0.05, 0.1) is 5.41 Å². The van der Waals surface area contributed by atoms with Gasteiger partial charge in [-0.3, -0.25) is 14.4 Å². The van der Waals surface area contributed by atoms with Crippen molar-refractivity contribution in [2.75, 3.05) is 24.5 Å². The van der Waals surface area contributed by atoms with Gasteiger partial charge in [0.25, 0.3) is 0 Å². The molecule has 1 aromatic rings. The summed E-state index contributed by atoms with van der Waals surface area (Å²) in [7, 11) is 0. The molecular formula is C17H19ClN2O4. The highest BCUT2D eigenvalue weighted by Gasteiger charge is 2.46. The molecule has 0 spiro atoms. The molecule has 7 heteroatoms. The van der Waals surface area contributed by atoms with E-state index in [9.17, 15) is 19.5 Å². The Morgan fingerprint density at radius 1 is 1.25 bits per heavy atom. The van der Waals surface area contributed by atoms with E-state index in [0.29, 0.717) is 31.0 Å². The van der Waals surface area contributed by atoms with Crippen LogP contribution < -0.4 is 4.90 Å². The van der Waals surface area contributed by atoms with Crippen LogP contribution in [-0.2, 0) is 14.4 Å². The molecule has 2 amide bonds. The molecule has 6 nitrogen and oxygen atoms in total. The van der Waals surface area contributed by atoms with E-state index in [1.54, 1.807) is 36.1 Å². The van der Waals surface area contributed by atoms with Crippen LogP contribution in [0.2, 0.25) is 5.02 Å². The van der Waals surface area contributed by atoms with Crippen LogP contribution in [0.1, 0.15) is 19.8 Å². The molecule has 3 rings (SSSR count). The number of aliphatic carboxylic acids is 1. The third-order valence-electron chi connectivity index (χ3n) is 4.94. The molecule has 0 bridgehead atoms. The smallest absolute Gasteiger partial charge is 0.311 e. The van der Waals surface area contributed by atoms with Crippen LogP contribution in [-0.4, -0.2) is 47.4 Å². The van der Waals surface area contributed by atoms with Gasteiger partial charge in [-0.05, 0) is 44.0 Å². The molecule has 1 aromatic carbocycles. The van der Waals surface area contributed by atoms with Gasteiger partial charge in [0.15, 0.2) is 0 Å². The fraction of sp³-hybridized carbons (Fsp3) is 0.471. The van der Waals surface area contributed by atoms with Crippen molar-refractivity contribution in [2.24, 2.45) is 11.3 Å². The number of hydrogen-bond donors (Lipinski definition) is 1. The molecule has 2 aliphatic heterocycles. The molecule has 0 saturated carbocycles. The van der Waals surface area contributed by atoms with Gasteiger partial charge in [-0.15, -0.1) is 0 Å². The number of carbonyl (C=O) groups is 3. The Kier molecular flexibility index (Phi) is 4.25. The number of carbonyl (C=O) groups excluding carboxylic acids is 2. The van der Waals surface area contributed by atoms with E-state index in [1.807, 2.05) is 0 Å². The average molecular weight is 351 g/mol. The second-order valence-electron chi connectivity index (χ2n) is 6.68. The monoisotopic (exact) mass is 350 g/mol. The lowest BCUT2D eigenvalue weighted by atomic mass is 9.90. The van der Waals surface area contributed by atoms with Crippen LogP contribution in [0.5, 0.6) is 0 Å². The van der Waals surface area contributed by atoms with Crippen molar-refractivity contribution in [1.82, 2.24) is 4.90 Å². The van der Waals surface area contributed by atoms with Gasteiger partial charge in [0.1, 0.15) is 5.92 Å². The first-order valence-electron chi connectivity index (χ1n) is 7.91. The quantitative estimate of drug-likeness (QED) is 0.846. The number of rotatable bonds is 3. The Balaban J connectivity index is 1.70. The van der Waals surface area contributed by atoms with Crippen LogP contribution in [0.4, 0.5) is 5.69 Å². The van der Waals surface area contributed by atoms with Crippen molar-refractivity contribution < 1.29 is 19.5 Å². The number of likely N-dealkylation sites (tertiary alicyclic amines) is 1. The number of carboxylic acid groups (broad SMARTS) is 1. The largest absolute Gasteiger partial charge is 0.481 e. The molecule has 0 aromatic heterocycles. The van der Waals surface area contributed by atoms with E-state index in [1.165, 1.54) is 4.90 Å². The van der Waals surface area contributed by atoms with E-state index in [2.05, 4.69) is 0 Å². The van der Waals surface area contributed by atoms with E-state index in [-0.39, 0.29) is 18.4 Å².